The van der Waals surface area contributed by atoms with Gasteiger partial charge in [-0.1, -0.05) is 6.92 Å². The fourth-order valence-corrected chi connectivity index (χ4v) is 2.06. The first-order chi connectivity index (χ1) is 10.8. The highest BCUT2D eigenvalue weighted by atomic mass is 35.5. The topological polar surface area (TPSA) is 50.4 Å². The monoisotopic (exact) mass is 366 g/mol. The Kier molecular flexibility index (Phi) is 7.35. The fraction of sp³-hybridized carbons (Fsp3) is 0.562. The summed E-state index contributed by atoms with van der Waals surface area (Å²) in [4.78, 5) is 12.2. The Labute approximate surface area is 145 Å². The highest BCUT2D eigenvalue weighted by Gasteiger charge is 2.32. The average Bonchev–Trinajstić information content (AvgIpc) is 3.28. The summed E-state index contributed by atoms with van der Waals surface area (Å²) >= 11 is 0. The summed E-state index contributed by atoms with van der Waals surface area (Å²) in [5.41, 5.74) is -0.776. The second-order valence-electron chi connectivity index (χ2n) is 5.71. The van der Waals surface area contributed by atoms with Crippen molar-refractivity contribution in [1.29, 1.82) is 0 Å². The smallest absolute Gasteiger partial charge is 0.416 e. The first-order valence-electron chi connectivity index (χ1n) is 7.72. The molecule has 1 aromatic carbocycles. The number of hydrogen-bond acceptors (Lipinski definition) is 3. The normalized spacial score (nSPS) is 15.4. The Morgan fingerprint density at radius 1 is 1.38 bits per heavy atom. The van der Waals surface area contributed by atoms with Gasteiger partial charge in [0.05, 0.1) is 23.9 Å². The maximum Gasteiger partial charge on any atom is 0.416 e. The van der Waals surface area contributed by atoms with Crippen molar-refractivity contribution in [2.75, 3.05) is 11.9 Å². The highest BCUT2D eigenvalue weighted by Crippen LogP contribution is 2.35. The van der Waals surface area contributed by atoms with E-state index in [0.29, 0.717) is 19.1 Å². The molecule has 1 amide bonds. The Hall–Kier alpha value is -1.47. The maximum atomic E-state index is 12.9. The molecular formula is C16H22ClF3N2O2. The fourth-order valence-electron chi connectivity index (χ4n) is 2.06. The summed E-state index contributed by atoms with van der Waals surface area (Å²) in [5, 5.41) is 5.64. The van der Waals surface area contributed by atoms with Crippen LogP contribution in [0.5, 0.6) is 5.75 Å². The summed E-state index contributed by atoms with van der Waals surface area (Å²) in [5.74, 6) is -0.135. The lowest BCUT2D eigenvalue weighted by atomic mass is 10.1. The van der Waals surface area contributed by atoms with Gasteiger partial charge in [-0.15, -0.1) is 12.4 Å². The average molecular weight is 367 g/mol. The number of hydrogen-bond donors (Lipinski definition) is 2. The molecule has 0 radical (unpaired) electrons. The highest BCUT2D eigenvalue weighted by molar-refractivity contribution is 5.96. The third-order valence-corrected chi connectivity index (χ3v) is 3.48. The first-order valence-corrected chi connectivity index (χ1v) is 7.72. The van der Waals surface area contributed by atoms with Crippen LogP contribution in [-0.2, 0) is 11.0 Å². The predicted molar refractivity (Wildman–Crippen MR) is 88.7 cm³/mol. The van der Waals surface area contributed by atoms with E-state index in [2.05, 4.69) is 10.6 Å². The van der Waals surface area contributed by atoms with Crippen LogP contribution >= 0.6 is 12.4 Å². The third kappa shape index (κ3) is 5.87. The second kappa shape index (κ2) is 8.58. The number of carbonyl (C=O) groups is 1. The van der Waals surface area contributed by atoms with Crippen LogP contribution in [0.1, 0.15) is 38.7 Å². The molecule has 1 aliphatic carbocycles. The molecule has 1 aromatic rings. The van der Waals surface area contributed by atoms with E-state index >= 15 is 0 Å². The maximum absolute atomic E-state index is 12.9. The number of anilines is 1. The van der Waals surface area contributed by atoms with E-state index in [-0.39, 0.29) is 29.8 Å². The van der Waals surface area contributed by atoms with Crippen molar-refractivity contribution in [3.05, 3.63) is 23.8 Å². The van der Waals surface area contributed by atoms with Gasteiger partial charge in [0.15, 0.2) is 0 Å². The van der Waals surface area contributed by atoms with E-state index in [0.717, 1.165) is 25.0 Å². The zero-order valence-electron chi connectivity index (χ0n) is 13.6. The molecule has 0 heterocycles. The van der Waals surface area contributed by atoms with Crippen LogP contribution in [-0.4, -0.2) is 24.6 Å². The molecule has 0 spiro atoms. The molecule has 0 aromatic heterocycles. The van der Waals surface area contributed by atoms with Gasteiger partial charge in [0.1, 0.15) is 5.75 Å². The van der Waals surface area contributed by atoms with Crippen LogP contribution < -0.4 is 15.4 Å². The molecule has 4 nitrogen and oxygen atoms in total. The lowest BCUT2D eigenvalue weighted by Gasteiger charge is -2.18. The first kappa shape index (κ1) is 20.6. The summed E-state index contributed by atoms with van der Waals surface area (Å²) in [6.07, 6.45) is -1.72. The number of alkyl halides is 3. The van der Waals surface area contributed by atoms with E-state index in [4.69, 9.17) is 4.74 Å². The van der Waals surface area contributed by atoms with Crippen LogP contribution in [0.3, 0.4) is 0 Å². The molecule has 2 rings (SSSR count). The molecule has 1 fully saturated rings. The zero-order chi connectivity index (χ0) is 17.0. The third-order valence-electron chi connectivity index (χ3n) is 3.48. The van der Waals surface area contributed by atoms with Crippen LogP contribution in [0, 0.1) is 0 Å². The number of nitrogens with one attached hydrogen (secondary N) is 2. The van der Waals surface area contributed by atoms with Crippen LogP contribution in [0.25, 0.3) is 0 Å². The molecule has 0 aliphatic heterocycles. The van der Waals surface area contributed by atoms with Gasteiger partial charge < -0.3 is 15.4 Å². The zero-order valence-corrected chi connectivity index (χ0v) is 14.4. The summed E-state index contributed by atoms with van der Waals surface area (Å²) in [7, 11) is 0. The molecule has 0 saturated heterocycles. The summed E-state index contributed by atoms with van der Waals surface area (Å²) < 4.78 is 44.0. The van der Waals surface area contributed by atoms with Crippen molar-refractivity contribution in [2.45, 2.75) is 51.4 Å². The van der Waals surface area contributed by atoms with Gasteiger partial charge in [-0.3, -0.25) is 4.79 Å². The van der Waals surface area contributed by atoms with Gasteiger partial charge >= 0.3 is 6.18 Å². The van der Waals surface area contributed by atoms with Crippen molar-refractivity contribution < 1.29 is 22.7 Å². The Morgan fingerprint density at radius 3 is 2.58 bits per heavy atom. The number of ether oxygens (including phenoxy) is 1. The minimum absolute atomic E-state index is 0. The van der Waals surface area contributed by atoms with Crippen molar-refractivity contribution in [3.63, 3.8) is 0 Å². The van der Waals surface area contributed by atoms with Crippen molar-refractivity contribution in [1.82, 2.24) is 5.32 Å². The van der Waals surface area contributed by atoms with Gasteiger partial charge in [0.2, 0.25) is 5.91 Å². The molecule has 2 N–H and O–H groups in total. The Morgan fingerprint density at radius 2 is 2.04 bits per heavy atom. The lowest BCUT2D eigenvalue weighted by Crippen LogP contribution is -2.39. The van der Waals surface area contributed by atoms with E-state index in [1.165, 1.54) is 6.07 Å². The SMILES string of the molecule is CCCOc1ccc(C(F)(F)F)cc1NC(=O)C(C)NC1CC1.Cl. The van der Waals surface area contributed by atoms with Gasteiger partial charge in [-0.05, 0) is 44.4 Å². The largest absolute Gasteiger partial charge is 0.491 e. The molecule has 24 heavy (non-hydrogen) atoms. The van der Waals surface area contributed by atoms with E-state index in [1.807, 2.05) is 6.92 Å². The molecule has 1 aliphatic rings. The van der Waals surface area contributed by atoms with Gasteiger partial charge in [-0.2, -0.15) is 13.2 Å². The van der Waals surface area contributed by atoms with E-state index in [1.54, 1.807) is 6.92 Å². The Balaban J connectivity index is 0.00000288. The minimum Gasteiger partial charge on any atom is -0.491 e. The van der Waals surface area contributed by atoms with E-state index in [9.17, 15) is 18.0 Å². The molecular weight excluding hydrogens is 345 g/mol. The molecule has 1 unspecified atom stereocenters. The van der Waals surface area contributed by atoms with E-state index < -0.39 is 17.8 Å². The summed E-state index contributed by atoms with van der Waals surface area (Å²) in [6, 6.07) is 2.95. The van der Waals surface area contributed by atoms with Crippen molar-refractivity contribution in [2.24, 2.45) is 0 Å². The predicted octanol–water partition coefficient (Wildman–Crippen LogP) is 4.00. The van der Waals surface area contributed by atoms with Gasteiger partial charge in [0, 0.05) is 6.04 Å². The van der Waals surface area contributed by atoms with Crippen LogP contribution in [0.2, 0.25) is 0 Å². The molecule has 0 bridgehead atoms. The quantitative estimate of drug-likeness (QED) is 0.767. The molecule has 136 valence electrons. The number of rotatable bonds is 7. The summed E-state index contributed by atoms with van der Waals surface area (Å²) in [6.45, 7) is 3.95. The van der Waals surface area contributed by atoms with Crippen molar-refractivity contribution in [3.8, 4) is 5.75 Å². The second-order valence-corrected chi connectivity index (χ2v) is 5.71. The number of carbonyl (C=O) groups excluding carboxylic acids is 1. The lowest BCUT2D eigenvalue weighted by molar-refractivity contribution is -0.137. The molecule has 1 atom stereocenters. The van der Waals surface area contributed by atoms with Crippen LogP contribution in [0.4, 0.5) is 18.9 Å². The van der Waals surface area contributed by atoms with Crippen molar-refractivity contribution >= 4 is 24.0 Å². The standard InChI is InChI=1S/C16H21F3N2O2.ClH/c1-3-8-23-14-7-4-11(16(17,18)19)9-13(14)21-15(22)10(2)20-12-5-6-12;/h4,7,9-10,12,20H,3,5-6,8H2,1-2H3,(H,21,22);1H. The Bertz CT molecular complexity index is 563. The van der Waals surface area contributed by atoms with Crippen LogP contribution in [0.15, 0.2) is 18.2 Å². The number of benzene rings is 1. The molecule has 8 heteroatoms. The number of halogens is 4. The minimum atomic E-state index is -4.47. The number of amides is 1. The molecule has 1 saturated carbocycles. The van der Waals surface area contributed by atoms with Gasteiger partial charge in [-0.25, -0.2) is 0 Å². The van der Waals surface area contributed by atoms with Gasteiger partial charge in [0.25, 0.3) is 0 Å².